The molecule has 1 amide bonds. The van der Waals surface area contributed by atoms with Gasteiger partial charge in [-0.15, -0.1) is 0 Å². The molecule has 3 saturated carbocycles. The summed E-state index contributed by atoms with van der Waals surface area (Å²) in [7, 11) is 0. The highest BCUT2D eigenvalue weighted by Crippen LogP contribution is 2.69. The summed E-state index contributed by atoms with van der Waals surface area (Å²) >= 11 is 6.41. The van der Waals surface area contributed by atoms with Crippen molar-refractivity contribution in [2.45, 2.75) is 25.3 Å². The molecule has 3 nitrogen and oxygen atoms in total. The van der Waals surface area contributed by atoms with Crippen LogP contribution >= 0.6 is 11.6 Å². The zero-order valence-electron chi connectivity index (χ0n) is 13.2. The highest BCUT2D eigenvalue weighted by atomic mass is 35.5. The third-order valence-corrected chi connectivity index (χ3v) is 7.16. The van der Waals surface area contributed by atoms with Crippen molar-refractivity contribution in [2.75, 3.05) is 19.6 Å². The number of amides is 1. The Labute approximate surface area is 142 Å². The number of rotatable bonds is 2. The predicted molar refractivity (Wildman–Crippen MR) is 90.1 cm³/mol. The van der Waals surface area contributed by atoms with Crippen molar-refractivity contribution in [3.8, 4) is 0 Å². The lowest BCUT2D eigenvalue weighted by molar-refractivity contribution is -0.137. The number of carbonyl (C=O) groups is 1. The van der Waals surface area contributed by atoms with Crippen molar-refractivity contribution in [3.05, 3.63) is 34.9 Å². The zero-order valence-corrected chi connectivity index (χ0v) is 14.0. The van der Waals surface area contributed by atoms with Crippen LogP contribution < -0.4 is 5.32 Å². The van der Waals surface area contributed by atoms with Gasteiger partial charge in [-0.25, -0.2) is 0 Å². The van der Waals surface area contributed by atoms with Gasteiger partial charge in [0, 0.05) is 30.6 Å². The SMILES string of the molecule is O=C(C1C2C3CCC(C3)C12)N1CCNCC1c1ccccc1Cl. The van der Waals surface area contributed by atoms with Gasteiger partial charge in [-0.3, -0.25) is 4.79 Å². The molecule has 2 bridgehead atoms. The van der Waals surface area contributed by atoms with E-state index in [0.29, 0.717) is 23.7 Å². The number of halogens is 1. The molecule has 1 aromatic carbocycles. The van der Waals surface area contributed by atoms with Crippen LogP contribution in [0.15, 0.2) is 24.3 Å². The van der Waals surface area contributed by atoms with E-state index in [-0.39, 0.29) is 6.04 Å². The summed E-state index contributed by atoms with van der Waals surface area (Å²) in [6, 6.07) is 8.06. The number of hydrogen-bond donors (Lipinski definition) is 1. The first kappa shape index (κ1) is 14.3. The Balaban J connectivity index is 1.40. The van der Waals surface area contributed by atoms with Crippen molar-refractivity contribution in [3.63, 3.8) is 0 Å². The van der Waals surface area contributed by atoms with E-state index in [1.807, 2.05) is 18.2 Å². The van der Waals surface area contributed by atoms with Crippen LogP contribution in [-0.4, -0.2) is 30.4 Å². The Morgan fingerprint density at radius 2 is 1.91 bits per heavy atom. The topological polar surface area (TPSA) is 32.3 Å². The van der Waals surface area contributed by atoms with E-state index in [2.05, 4.69) is 16.3 Å². The summed E-state index contributed by atoms with van der Waals surface area (Å²) in [4.78, 5) is 15.4. The summed E-state index contributed by atoms with van der Waals surface area (Å²) in [5.74, 6) is 3.85. The average Bonchev–Trinajstić information content (AvgIpc) is 3.01. The van der Waals surface area contributed by atoms with Gasteiger partial charge in [0.2, 0.25) is 5.91 Å². The number of fused-ring (bicyclic) bond motifs is 5. The smallest absolute Gasteiger partial charge is 0.226 e. The molecule has 4 heteroatoms. The predicted octanol–water partition coefficient (Wildman–Crippen LogP) is 3.11. The fourth-order valence-electron chi connectivity index (χ4n) is 5.84. The van der Waals surface area contributed by atoms with Crippen LogP contribution in [0.2, 0.25) is 5.02 Å². The maximum absolute atomic E-state index is 13.2. The summed E-state index contributed by atoms with van der Waals surface area (Å²) in [6.45, 7) is 2.51. The van der Waals surface area contributed by atoms with Crippen LogP contribution in [-0.2, 0) is 4.79 Å². The van der Waals surface area contributed by atoms with Gasteiger partial charge in [0.1, 0.15) is 0 Å². The molecule has 122 valence electrons. The Kier molecular flexibility index (Phi) is 3.24. The molecule has 4 fully saturated rings. The minimum Gasteiger partial charge on any atom is -0.333 e. The van der Waals surface area contributed by atoms with Gasteiger partial charge in [0.25, 0.3) is 0 Å². The zero-order chi connectivity index (χ0) is 15.6. The quantitative estimate of drug-likeness (QED) is 0.903. The minimum atomic E-state index is 0.0870. The van der Waals surface area contributed by atoms with E-state index in [0.717, 1.165) is 42.1 Å². The van der Waals surface area contributed by atoms with Gasteiger partial charge in [0.15, 0.2) is 0 Å². The van der Waals surface area contributed by atoms with Crippen LogP contribution in [0.1, 0.15) is 30.9 Å². The first-order valence-corrected chi connectivity index (χ1v) is 9.39. The highest BCUT2D eigenvalue weighted by molar-refractivity contribution is 6.31. The van der Waals surface area contributed by atoms with Crippen LogP contribution in [0, 0.1) is 29.6 Å². The normalized spacial score (nSPS) is 41.0. The Morgan fingerprint density at radius 3 is 2.65 bits per heavy atom. The lowest BCUT2D eigenvalue weighted by Crippen LogP contribution is -2.49. The van der Waals surface area contributed by atoms with Crippen molar-refractivity contribution < 1.29 is 4.79 Å². The minimum absolute atomic E-state index is 0.0870. The molecule has 1 aromatic rings. The average molecular weight is 331 g/mol. The monoisotopic (exact) mass is 330 g/mol. The first-order valence-electron chi connectivity index (χ1n) is 9.01. The summed E-state index contributed by atoms with van der Waals surface area (Å²) in [5, 5.41) is 4.21. The molecule has 23 heavy (non-hydrogen) atoms. The van der Waals surface area contributed by atoms with Crippen molar-refractivity contribution in [1.29, 1.82) is 0 Å². The maximum Gasteiger partial charge on any atom is 0.226 e. The molecule has 0 radical (unpaired) electrons. The molecular weight excluding hydrogens is 308 g/mol. The van der Waals surface area contributed by atoms with Crippen LogP contribution in [0.5, 0.6) is 0 Å². The van der Waals surface area contributed by atoms with Crippen LogP contribution in [0.3, 0.4) is 0 Å². The summed E-state index contributed by atoms with van der Waals surface area (Å²) in [6.07, 6.45) is 4.13. The second-order valence-electron chi connectivity index (χ2n) is 7.79. The van der Waals surface area contributed by atoms with Crippen LogP contribution in [0.4, 0.5) is 0 Å². The lowest BCUT2D eigenvalue weighted by atomic mass is 9.98. The molecule has 3 aliphatic carbocycles. The largest absolute Gasteiger partial charge is 0.333 e. The number of nitrogens with one attached hydrogen (secondary N) is 1. The Hall–Kier alpha value is -1.06. The number of nitrogens with zero attached hydrogens (tertiary/aromatic N) is 1. The highest BCUT2D eigenvalue weighted by Gasteiger charge is 2.68. The van der Waals surface area contributed by atoms with Gasteiger partial charge in [-0.05, 0) is 54.6 Å². The number of piperazine rings is 1. The van der Waals surface area contributed by atoms with E-state index in [1.54, 1.807) is 0 Å². The Bertz CT molecular complexity index is 632. The maximum atomic E-state index is 13.2. The molecule has 5 rings (SSSR count). The molecule has 4 aliphatic rings. The molecule has 5 atom stereocenters. The summed E-state index contributed by atoms with van der Waals surface area (Å²) < 4.78 is 0. The van der Waals surface area contributed by atoms with Gasteiger partial charge in [-0.2, -0.15) is 0 Å². The number of benzene rings is 1. The standard InChI is InChI=1S/C19H23ClN2O/c20-14-4-2-1-3-13(14)15-10-21-7-8-22(15)19(23)18-16-11-5-6-12(9-11)17(16)18/h1-4,11-12,15-18,21H,5-10H2. The second-order valence-corrected chi connectivity index (χ2v) is 8.19. The molecule has 0 aromatic heterocycles. The molecule has 1 N–H and O–H groups in total. The third-order valence-electron chi connectivity index (χ3n) is 6.81. The van der Waals surface area contributed by atoms with E-state index < -0.39 is 0 Å². The Morgan fingerprint density at radius 1 is 1.17 bits per heavy atom. The molecule has 0 spiro atoms. The first-order chi connectivity index (χ1) is 11.3. The fraction of sp³-hybridized carbons (Fsp3) is 0.632. The summed E-state index contributed by atoms with van der Waals surface area (Å²) in [5.41, 5.74) is 1.09. The lowest BCUT2D eigenvalue weighted by Gasteiger charge is -2.37. The van der Waals surface area contributed by atoms with Crippen molar-refractivity contribution in [1.82, 2.24) is 10.2 Å². The number of carbonyl (C=O) groups excluding carboxylic acids is 1. The molecular formula is C19H23ClN2O. The van der Waals surface area contributed by atoms with Crippen molar-refractivity contribution >= 4 is 17.5 Å². The van der Waals surface area contributed by atoms with Gasteiger partial charge < -0.3 is 10.2 Å². The fourth-order valence-corrected chi connectivity index (χ4v) is 6.10. The third kappa shape index (κ3) is 2.09. The van der Waals surface area contributed by atoms with E-state index >= 15 is 0 Å². The van der Waals surface area contributed by atoms with E-state index in [9.17, 15) is 4.79 Å². The van der Waals surface area contributed by atoms with Gasteiger partial charge >= 0.3 is 0 Å². The molecule has 1 heterocycles. The molecule has 1 aliphatic heterocycles. The second kappa shape index (κ2) is 5.22. The number of hydrogen-bond acceptors (Lipinski definition) is 2. The van der Waals surface area contributed by atoms with Gasteiger partial charge in [0.05, 0.1) is 6.04 Å². The van der Waals surface area contributed by atoms with E-state index in [4.69, 9.17) is 11.6 Å². The van der Waals surface area contributed by atoms with Crippen LogP contribution in [0.25, 0.3) is 0 Å². The van der Waals surface area contributed by atoms with Crippen molar-refractivity contribution in [2.24, 2.45) is 29.6 Å². The molecule has 1 saturated heterocycles. The van der Waals surface area contributed by atoms with Gasteiger partial charge in [-0.1, -0.05) is 29.8 Å². The molecule has 5 unspecified atom stereocenters. The van der Waals surface area contributed by atoms with E-state index in [1.165, 1.54) is 19.3 Å².